The van der Waals surface area contributed by atoms with Crippen LogP contribution in [0.4, 0.5) is 5.69 Å². The Morgan fingerprint density at radius 1 is 1.19 bits per heavy atom. The highest BCUT2D eigenvalue weighted by Gasteiger charge is 2.20. The number of aromatic nitrogens is 2. The minimum Gasteiger partial charge on any atom is -0.493 e. The zero-order chi connectivity index (χ0) is 15.6. The SMILES string of the molecule is COc1ccc(NS(=O)(=O)c2cnn(C)c2C)cc1OC. The second kappa shape index (κ2) is 5.65. The van der Waals surface area contributed by atoms with E-state index in [4.69, 9.17) is 9.47 Å². The van der Waals surface area contributed by atoms with E-state index in [9.17, 15) is 8.42 Å². The zero-order valence-corrected chi connectivity index (χ0v) is 13.1. The number of hydrogen-bond donors (Lipinski definition) is 1. The monoisotopic (exact) mass is 311 g/mol. The van der Waals surface area contributed by atoms with Gasteiger partial charge in [-0.25, -0.2) is 8.42 Å². The van der Waals surface area contributed by atoms with Crippen LogP contribution in [0.2, 0.25) is 0 Å². The number of benzene rings is 1. The van der Waals surface area contributed by atoms with Crippen molar-refractivity contribution in [3.63, 3.8) is 0 Å². The molecule has 0 bridgehead atoms. The molecule has 1 aromatic heterocycles. The van der Waals surface area contributed by atoms with Crippen LogP contribution < -0.4 is 14.2 Å². The fourth-order valence-corrected chi connectivity index (χ4v) is 3.11. The first-order chi connectivity index (χ1) is 9.89. The van der Waals surface area contributed by atoms with E-state index < -0.39 is 10.0 Å². The lowest BCUT2D eigenvalue weighted by atomic mass is 10.3. The number of methoxy groups -OCH3 is 2. The lowest BCUT2D eigenvalue weighted by Gasteiger charge is -2.11. The summed E-state index contributed by atoms with van der Waals surface area (Å²) in [7, 11) is 0.990. The van der Waals surface area contributed by atoms with Gasteiger partial charge in [0.1, 0.15) is 4.90 Å². The summed E-state index contributed by atoms with van der Waals surface area (Å²) in [6.45, 7) is 1.69. The Labute approximate surface area is 123 Å². The fourth-order valence-electron chi connectivity index (χ4n) is 1.85. The van der Waals surface area contributed by atoms with Crippen molar-refractivity contribution in [2.45, 2.75) is 11.8 Å². The average molecular weight is 311 g/mol. The van der Waals surface area contributed by atoms with Crippen LogP contribution in [0.3, 0.4) is 0 Å². The number of rotatable bonds is 5. The summed E-state index contributed by atoms with van der Waals surface area (Å²) in [6, 6.07) is 4.79. The Morgan fingerprint density at radius 2 is 1.86 bits per heavy atom. The lowest BCUT2D eigenvalue weighted by Crippen LogP contribution is -2.14. The summed E-state index contributed by atoms with van der Waals surface area (Å²) in [5.74, 6) is 0.971. The molecule has 0 spiro atoms. The van der Waals surface area contributed by atoms with Crippen molar-refractivity contribution in [2.75, 3.05) is 18.9 Å². The van der Waals surface area contributed by atoms with Crippen molar-refractivity contribution in [2.24, 2.45) is 7.05 Å². The number of nitrogens with one attached hydrogen (secondary N) is 1. The first-order valence-electron chi connectivity index (χ1n) is 6.12. The number of sulfonamides is 1. The van der Waals surface area contributed by atoms with Gasteiger partial charge in [-0.15, -0.1) is 0 Å². The van der Waals surface area contributed by atoms with Gasteiger partial charge in [-0.3, -0.25) is 9.40 Å². The molecule has 0 amide bonds. The maximum absolute atomic E-state index is 12.4. The van der Waals surface area contributed by atoms with Crippen LogP contribution in [-0.2, 0) is 17.1 Å². The number of hydrogen-bond acceptors (Lipinski definition) is 5. The van der Waals surface area contributed by atoms with Crippen molar-refractivity contribution in [1.29, 1.82) is 0 Å². The van der Waals surface area contributed by atoms with Gasteiger partial charge in [0.05, 0.1) is 31.8 Å². The summed E-state index contributed by atoms with van der Waals surface area (Å²) < 4.78 is 39.0. The van der Waals surface area contributed by atoms with E-state index in [0.29, 0.717) is 22.9 Å². The summed E-state index contributed by atoms with van der Waals surface area (Å²) in [6.07, 6.45) is 1.32. The summed E-state index contributed by atoms with van der Waals surface area (Å²) in [4.78, 5) is 0.139. The largest absolute Gasteiger partial charge is 0.493 e. The van der Waals surface area contributed by atoms with Crippen LogP contribution in [0.25, 0.3) is 0 Å². The minimum absolute atomic E-state index is 0.139. The molecule has 0 aliphatic carbocycles. The maximum Gasteiger partial charge on any atom is 0.265 e. The quantitative estimate of drug-likeness (QED) is 0.906. The van der Waals surface area contributed by atoms with Crippen LogP contribution in [0, 0.1) is 6.92 Å². The Bertz CT molecular complexity index is 753. The molecule has 21 heavy (non-hydrogen) atoms. The molecule has 7 nitrogen and oxygen atoms in total. The first kappa shape index (κ1) is 15.2. The molecule has 0 saturated heterocycles. The third-order valence-electron chi connectivity index (χ3n) is 3.12. The standard InChI is InChI=1S/C13H17N3O4S/c1-9-13(8-14-16(9)2)21(17,18)15-10-5-6-11(19-3)12(7-10)20-4/h5-8,15H,1-4H3. The van der Waals surface area contributed by atoms with E-state index in [1.54, 1.807) is 32.2 Å². The molecule has 1 aromatic carbocycles. The molecule has 2 aromatic rings. The van der Waals surface area contributed by atoms with Crippen molar-refractivity contribution >= 4 is 15.7 Å². The predicted molar refractivity (Wildman–Crippen MR) is 78.3 cm³/mol. The summed E-state index contributed by atoms with van der Waals surface area (Å²) in [5.41, 5.74) is 0.943. The molecule has 0 aliphatic rings. The molecule has 8 heteroatoms. The van der Waals surface area contributed by atoms with Gasteiger partial charge in [-0.05, 0) is 19.1 Å². The molecule has 2 rings (SSSR count). The van der Waals surface area contributed by atoms with Crippen LogP contribution >= 0.6 is 0 Å². The van der Waals surface area contributed by atoms with Gasteiger partial charge in [0.25, 0.3) is 10.0 Å². The highest BCUT2D eigenvalue weighted by molar-refractivity contribution is 7.92. The maximum atomic E-state index is 12.4. The van der Waals surface area contributed by atoms with Crippen molar-refractivity contribution in [1.82, 2.24) is 9.78 Å². The van der Waals surface area contributed by atoms with Gasteiger partial charge in [-0.2, -0.15) is 5.10 Å². The lowest BCUT2D eigenvalue weighted by molar-refractivity contribution is 0.355. The number of ether oxygens (including phenoxy) is 2. The van der Waals surface area contributed by atoms with Crippen LogP contribution in [0.1, 0.15) is 5.69 Å². The second-order valence-electron chi connectivity index (χ2n) is 4.39. The average Bonchev–Trinajstić information content (AvgIpc) is 2.79. The molecule has 1 N–H and O–H groups in total. The Morgan fingerprint density at radius 3 is 2.38 bits per heavy atom. The molecule has 1 heterocycles. The fraction of sp³-hybridized carbons (Fsp3) is 0.308. The van der Waals surface area contributed by atoms with Crippen LogP contribution in [0.15, 0.2) is 29.3 Å². The molecule has 0 unspecified atom stereocenters. The highest BCUT2D eigenvalue weighted by atomic mass is 32.2. The van der Waals surface area contributed by atoms with E-state index in [2.05, 4.69) is 9.82 Å². The Hall–Kier alpha value is -2.22. The topological polar surface area (TPSA) is 82.5 Å². The smallest absolute Gasteiger partial charge is 0.265 e. The van der Waals surface area contributed by atoms with E-state index in [-0.39, 0.29) is 4.90 Å². The Balaban J connectivity index is 2.35. The molecule has 0 atom stereocenters. The number of aryl methyl sites for hydroxylation is 1. The summed E-state index contributed by atoms with van der Waals surface area (Å²) >= 11 is 0. The van der Waals surface area contributed by atoms with Crippen LogP contribution in [-0.4, -0.2) is 32.4 Å². The van der Waals surface area contributed by atoms with E-state index >= 15 is 0 Å². The molecular weight excluding hydrogens is 294 g/mol. The number of anilines is 1. The zero-order valence-electron chi connectivity index (χ0n) is 12.2. The minimum atomic E-state index is -3.70. The third kappa shape index (κ3) is 2.94. The van der Waals surface area contributed by atoms with Crippen LogP contribution in [0.5, 0.6) is 11.5 Å². The second-order valence-corrected chi connectivity index (χ2v) is 6.04. The first-order valence-corrected chi connectivity index (χ1v) is 7.61. The molecule has 0 radical (unpaired) electrons. The molecule has 0 fully saturated rings. The van der Waals surface area contributed by atoms with Gasteiger partial charge in [-0.1, -0.05) is 0 Å². The third-order valence-corrected chi connectivity index (χ3v) is 4.60. The molecular formula is C13H17N3O4S. The van der Waals surface area contributed by atoms with E-state index in [1.165, 1.54) is 25.1 Å². The van der Waals surface area contributed by atoms with E-state index in [0.717, 1.165) is 0 Å². The van der Waals surface area contributed by atoms with Gasteiger partial charge in [0, 0.05) is 13.1 Å². The Kier molecular flexibility index (Phi) is 4.08. The molecule has 114 valence electrons. The van der Waals surface area contributed by atoms with E-state index in [1.807, 2.05) is 0 Å². The summed E-state index contributed by atoms with van der Waals surface area (Å²) in [5, 5.41) is 3.94. The highest BCUT2D eigenvalue weighted by Crippen LogP contribution is 2.30. The normalized spacial score (nSPS) is 11.2. The van der Waals surface area contributed by atoms with Crippen molar-refractivity contribution in [3.05, 3.63) is 30.1 Å². The molecule has 0 aliphatic heterocycles. The van der Waals surface area contributed by atoms with Gasteiger partial charge < -0.3 is 9.47 Å². The van der Waals surface area contributed by atoms with Crippen molar-refractivity contribution < 1.29 is 17.9 Å². The van der Waals surface area contributed by atoms with Gasteiger partial charge in [0.2, 0.25) is 0 Å². The number of nitrogens with zero attached hydrogens (tertiary/aromatic N) is 2. The van der Waals surface area contributed by atoms with Crippen molar-refractivity contribution in [3.8, 4) is 11.5 Å². The molecule has 0 saturated carbocycles. The predicted octanol–water partition coefficient (Wildman–Crippen LogP) is 1.55. The van der Waals surface area contributed by atoms with Gasteiger partial charge in [0.15, 0.2) is 11.5 Å². The van der Waals surface area contributed by atoms with Gasteiger partial charge >= 0.3 is 0 Å².